The maximum atomic E-state index is 11.0. The fourth-order valence-electron chi connectivity index (χ4n) is 5.17. The smallest absolute Gasteiger partial charge is 0.0684 e. The molecule has 0 amide bonds. The van der Waals surface area contributed by atoms with Gasteiger partial charge in [-0.25, -0.2) is 0 Å². The van der Waals surface area contributed by atoms with Gasteiger partial charge in [0, 0.05) is 0 Å². The Kier molecular flexibility index (Phi) is 2.11. The van der Waals surface area contributed by atoms with E-state index in [0.29, 0.717) is 16.7 Å². The molecule has 92 valence electrons. The summed E-state index contributed by atoms with van der Waals surface area (Å²) < 4.78 is 0. The average molecular weight is 222 g/mol. The lowest BCUT2D eigenvalue weighted by molar-refractivity contribution is -0.161. The van der Waals surface area contributed by atoms with Crippen molar-refractivity contribution in [1.82, 2.24) is 0 Å². The molecule has 3 aliphatic carbocycles. The number of aliphatic hydroxyl groups is 1. The maximum Gasteiger partial charge on any atom is 0.0684 e. The van der Waals surface area contributed by atoms with E-state index in [2.05, 4.69) is 20.8 Å². The third-order valence-corrected chi connectivity index (χ3v) is 6.11. The fraction of sp³-hybridized carbons (Fsp3) is 1.00. The van der Waals surface area contributed by atoms with E-state index in [9.17, 15) is 5.11 Å². The second kappa shape index (κ2) is 3.04. The van der Waals surface area contributed by atoms with E-state index >= 15 is 0 Å². The Labute approximate surface area is 99.6 Å². The number of hydrogen-bond acceptors (Lipinski definition) is 1. The summed E-state index contributed by atoms with van der Waals surface area (Å²) in [6, 6.07) is 0. The topological polar surface area (TPSA) is 20.2 Å². The third kappa shape index (κ3) is 1.40. The van der Waals surface area contributed by atoms with E-state index in [0.717, 1.165) is 18.8 Å². The quantitative estimate of drug-likeness (QED) is 0.662. The summed E-state index contributed by atoms with van der Waals surface area (Å²) in [7, 11) is 0. The minimum atomic E-state index is -0.302. The zero-order valence-corrected chi connectivity index (χ0v) is 11.1. The molecule has 0 aromatic rings. The molecule has 0 aromatic heterocycles. The second-order valence-electron chi connectivity index (χ2n) is 7.89. The summed E-state index contributed by atoms with van der Waals surface area (Å²) in [5, 5.41) is 11.0. The van der Waals surface area contributed by atoms with Gasteiger partial charge in [0.15, 0.2) is 0 Å². The zero-order chi connectivity index (χ0) is 11.6. The first-order valence-electron chi connectivity index (χ1n) is 7.07. The van der Waals surface area contributed by atoms with E-state index in [4.69, 9.17) is 0 Å². The summed E-state index contributed by atoms with van der Waals surface area (Å²) in [4.78, 5) is 0. The van der Waals surface area contributed by atoms with Crippen molar-refractivity contribution in [2.75, 3.05) is 0 Å². The molecule has 4 atom stereocenters. The van der Waals surface area contributed by atoms with Crippen LogP contribution in [0.15, 0.2) is 0 Å². The van der Waals surface area contributed by atoms with Gasteiger partial charge in [-0.15, -0.1) is 0 Å². The van der Waals surface area contributed by atoms with Crippen LogP contribution < -0.4 is 0 Å². The highest BCUT2D eigenvalue weighted by Gasteiger charge is 2.59. The molecule has 3 saturated carbocycles. The number of fused-ring (bicyclic) bond motifs is 4. The van der Waals surface area contributed by atoms with Crippen molar-refractivity contribution in [2.45, 2.75) is 71.3 Å². The normalized spacial score (nSPS) is 54.8. The molecule has 16 heavy (non-hydrogen) atoms. The maximum absolute atomic E-state index is 11.0. The van der Waals surface area contributed by atoms with Crippen molar-refractivity contribution in [3.8, 4) is 0 Å². The van der Waals surface area contributed by atoms with Crippen LogP contribution in [0.2, 0.25) is 0 Å². The van der Waals surface area contributed by atoms with Gasteiger partial charge in [0.05, 0.1) is 5.60 Å². The fourth-order valence-corrected chi connectivity index (χ4v) is 5.17. The zero-order valence-electron chi connectivity index (χ0n) is 11.1. The molecule has 2 bridgehead atoms. The standard InChI is InChI=1S/C15H26O/c1-13(2)9-12-11(13)5-8-14(3)6-4-7-15(12,16)10-14/h11-12,16H,4-10H2,1-3H3/t11-,12+,14-,15?/m1/s1. The van der Waals surface area contributed by atoms with Crippen LogP contribution in [0.25, 0.3) is 0 Å². The molecule has 0 radical (unpaired) electrons. The van der Waals surface area contributed by atoms with Crippen molar-refractivity contribution in [3.63, 3.8) is 0 Å². The molecule has 3 rings (SSSR count). The average Bonchev–Trinajstić information content (AvgIpc) is 2.19. The lowest BCUT2D eigenvalue weighted by atomic mass is 9.49. The van der Waals surface area contributed by atoms with Gasteiger partial charge in [-0.3, -0.25) is 0 Å². The molecule has 1 unspecified atom stereocenters. The van der Waals surface area contributed by atoms with Crippen molar-refractivity contribution >= 4 is 0 Å². The van der Waals surface area contributed by atoms with Crippen LogP contribution in [0, 0.1) is 22.7 Å². The minimum absolute atomic E-state index is 0.302. The molecule has 0 saturated heterocycles. The number of hydrogen-bond donors (Lipinski definition) is 1. The van der Waals surface area contributed by atoms with Crippen LogP contribution >= 0.6 is 0 Å². The highest BCUT2D eigenvalue weighted by molar-refractivity contribution is 5.10. The summed E-state index contributed by atoms with van der Waals surface area (Å²) in [5.41, 5.74) is 0.637. The molecule has 3 aliphatic rings. The van der Waals surface area contributed by atoms with Gasteiger partial charge in [0.1, 0.15) is 0 Å². The van der Waals surface area contributed by atoms with Crippen LogP contribution in [-0.2, 0) is 0 Å². The van der Waals surface area contributed by atoms with E-state index in [1.807, 2.05) is 0 Å². The van der Waals surface area contributed by atoms with Gasteiger partial charge in [-0.05, 0) is 61.2 Å². The van der Waals surface area contributed by atoms with E-state index in [1.165, 1.54) is 32.1 Å². The van der Waals surface area contributed by atoms with E-state index < -0.39 is 0 Å². The predicted octanol–water partition coefficient (Wildman–Crippen LogP) is 3.75. The SMILES string of the molecule is CC1(C)C[C@H]2[C@H]1CC[C@@]1(C)CCCC2(O)C1. The minimum Gasteiger partial charge on any atom is -0.390 e. The Morgan fingerprint density at radius 2 is 1.75 bits per heavy atom. The van der Waals surface area contributed by atoms with Crippen molar-refractivity contribution in [2.24, 2.45) is 22.7 Å². The van der Waals surface area contributed by atoms with Gasteiger partial charge in [0.2, 0.25) is 0 Å². The first-order chi connectivity index (χ1) is 7.35. The van der Waals surface area contributed by atoms with Crippen molar-refractivity contribution in [3.05, 3.63) is 0 Å². The summed E-state index contributed by atoms with van der Waals surface area (Å²) in [5.74, 6) is 1.40. The molecule has 0 heterocycles. The Morgan fingerprint density at radius 3 is 2.44 bits per heavy atom. The Morgan fingerprint density at radius 1 is 1.00 bits per heavy atom. The Bertz CT molecular complexity index is 309. The first-order valence-corrected chi connectivity index (χ1v) is 7.07. The molecule has 0 aliphatic heterocycles. The van der Waals surface area contributed by atoms with Gasteiger partial charge in [0.25, 0.3) is 0 Å². The number of rotatable bonds is 0. The molecular formula is C15H26O. The molecule has 1 N–H and O–H groups in total. The second-order valence-corrected chi connectivity index (χ2v) is 7.89. The molecular weight excluding hydrogens is 196 g/mol. The monoisotopic (exact) mass is 222 g/mol. The van der Waals surface area contributed by atoms with Crippen molar-refractivity contribution < 1.29 is 5.11 Å². The molecule has 0 aromatic carbocycles. The largest absolute Gasteiger partial charge is 0.390 e. The van der Waals surface area contributed by atoms with Gasteiger partial charge < -0.3 is 5.11 Å². The van der Waals surface area contributed by atoms with Gasteiger partial charge in [-0.1, -0.05) is 27.2 Å². The van der Waals surface area contributed by atoms with Crippen LogP contribution in [0.3, 0.4) is 0 Å². The van der Waals surface area contributed by atoms with Crippen LogP contribution in [0.1, 0.15) is 65.7 Å². The van der Waals surface area contributed by atoms with Crippen molar-refractivity contribution in [1.29, 1.82) is 0 Å². The van der Waals surface area contributed by atoms with Crippen LogP contribution in [0.5, 0.6) is 0 Å². The highest BCUT2D eigenvalue weighted by atomic mass is 16.3. The summed E-state index contributed by atoms with van der Waals surface area (Å²) in [6.45, 7) is 7.21. The molecule has 1 heteroatoms. The molecule has 3 fully saturated rings. The first kappa shape index (κ1) is 11.1. The summed E-state index contributed by atoms with van der Waals surface area (Å²) in [6.07, 6.45) is 8.70. The van der Waals surface area contributed by atoms with Crippen LogP contribution in [0.4, 0.5) is 0 Å². The lowest BCUT2D eigenvalue weighted by Gasteiger charge is -2.58. The van der Waals surface area contributed by atoms with Gasteiger partial charge >= 0.3 is 0 Å². The van der Waals surface area contributed by atoms with E-state index in [-0.39, 0.29) is 5.60 Å². The predicted molar refractivity (Wildman–Crippen MR) is 66.1 cm³/mol. The Balaban J connectivity index is 1.92. The van der Waals surface area contributed by atoms with Crippen LogP contribution in [-0.4, -0.2) is 10.7 Å². The lowest BCUT2D eigenvalue weighted by Crippen LogP contribution is -2.56. The molecule has 1 nitrogen and oxygen atoms in total. The van der Waals surface area contributed by atoms with Gasteiger partial charge in [-0.2, -0.15) is 0 Å². The third-order valence-electron chi connectivity index (χ3n) is 6.11. The molecule has 0 spiro atoms. The van der Waals surface area contributed by atoms with E-state index in [1.54, 1.807) is 0 Å². The summed E-state index contributed by atoms with van der Waals surface area (Å²) >= 11 is 0. The Hall–Kier alpha value is -0.0400. The highest BCUT2D eigenvalue weighted by Crippen LogP contribution is 2.64.